The highest BCUT2D eigenvalue weighted by Crippen LogP contribution is 2.17. The summed E-state index contributed by atoms with van der Waals surface area (Å²) in [7, 11) is 0. The molecule has 0 aliphatic carbocycles. The molecule has 0 saturated heterocycles. The third-order valence-corrected chi connectivity index (χ3v) is 3.41. The van der Waals surface area contributed by atoms with Crippen molar-refractivity contribution < 1.29 is 5.11 Å². The van der Waals surface area contributed by atoms with Crippen molar-refractivity contribution in [2.75, 3.05) is 6.61 Å². The summed E-state index contributed by atoms with van der Waals surface area (Å²) >= 11 is 0. The molecule has 98 valence electrons. The summed E-state index contributed by atoms with van der Waals surface area (Å²) in [5.41, 5.74) is 0. The lowest BCUT2D eigenvalue weighted by Crippen LogP contribution is -1.95. The quantitative estimate of drug-likeness (QED) is 0.470. The summed E-state index contributed by atoms with van der Waals surface area (Å²) in [6.45, 7) is 5.02. The molecule has 1 heteroatoms. The Morgan fingerprint density at radius 2 is 1.25 bits per heavy atom. The second kappa shape index (κ2) is 13.0. The van der Waals surface area contributed by atoms with Gasteiger partial charge < -0.3 is 5.11 Å². The molecule has 0 aliphatic heterocycles. The van der Waals surface area contributed by atoms with Gasteiger partial charge in [-0.15, -0.1) is 0 Å². The van der Waals surface area contributed by atoms with Gasteiger partial charge in [-0.2, -0.15) is 0 Å². The topological polar surface area (TPSA) is 20.2 Å². The zero-order chi connectivity index (χ0) is 12.1. The highest BCUT2D eigenvalue weighted by atomic mass is 16.2. The molecule has 0 rings (SSSR count). The van der Waals surface area contributed by atoms with Gasteiger partial charge in [-0.05, 0) is 12.3 Å². The Bertz CT molecular complexity index is 123. The van der Waals surface area contributed by atoms with Crippen LogP contribution in [-0.4, -0.2) is 11.7 Å². The van der Waals surface area contributed by atoms with Gasteiger partial charge in [0.05, 0.1) is 0 Å². The molecule has 1 nitrogen and oxygen atoms in total. The van der Waals surface area contributed by atoms with Crippen LogP contribution in [0.3, 0.4) is 0 Å². The van der Waals surface area contributed by atoms with Crippen LogP contribution in [0, 0.1) is 5.92 Å². The van der Waals surface area contributed by atoms with Gasteiger partial charge in [0.25, 0.3) is 0 Å². The fourth-order valence-electron chi connectivity index (χ4n) is 2.20. The standard InChI is InChI=1S/C15H32O/c1-3-4-5-6-7-9-12-15(2)13-10-8-11-14-16/h15-16H,3-14H2,1-2H3. The maximum atomic E-state index is 8.68. The molecular weight excluding hydrogens is 196 g/mol. The van der Waals surface area contributed by atoms with E-state index in [1.807, 2.05) is 0 Å². The van der Waals surface area contributed by atoms with E-state index in [4.69, 9.17) is 5.11 Å². The lowest BCUT2D eigenvalue weighted by Gasteiger charge is -2.10. The van der Waals surface area contributed by atoms with Crippen LogP contribution < -0.4 is 0 Å². The molecule has 0 heterocycles. The van der Waals surface area contributed by atoms with Gasteiger partial charge in [-0.3, -0.25) is 0 Å². The van der Waals surface area contributed by atoms with Crippen molar-refractivity contribution in [3.8, 4) is 0 Å². The molecular formula is C15H32O. The van der Waals surface area contributed by atoms with Gasteiger partial charge in [0.1, 0.15) is 0 Å². The van der Waals surface area contributed by atoms with E-state index < -0.39 is 0 Å². The molecule has 0 aromatic carbocycles. The van der Waals surface area contributed by atoms with Crippen molar-refractivity contribution in [2.24, 2.45) is 5.92 Å². The SMILES string of the molecule is CCCCCCCCC(C)CCCCCO. The molecule has 0 bridgehead atoms. The predicted molar refractivity (Wildman–Crippen MR) is 72.7 cm³/mol. The van der Waals surface area contributed by atoms with Crippen LogP contribution in [0.15, 0.2) is 0 Å². The summed E-state index contributed by atoms with van der Waals surface area (Å²) in [6.07, 6.45) is 14.7. The molecule has 1 unspecified atom stereocenters. The van der Waals surface area contributed by atoms with Crippen LogP contribution in [0.4, 0.5) is 0 Å². The molecule has 0 aliphatic rings. The Morgan fingerprint density at radius 3 is 1.81 bits per heavy atom. The van der Waals surface area contributed by atoms with Crippen LogP contribution in [0.2, 0.25) is 0 Å². The first kappa shape index (κ1) is 16.0. The van der Waals surface area contributed by atoms with E-state index in [1.165, 1.54) is 64.2 Å². The van der Waals surface area contributed by atoms with Crippen LogP contribution in [0.25, 0.3) is 0 Å². The Hall–Kier alpha value is -0.0400. The van der Waals surface area contributed by atoms with E-state index in [9.17, 15) is 0 Å². The molecule has 1 N–H and O–H groups in total. The van der Waals surface area contributed by atoms with Crippen molar-refractivity contribution in [3.05, 3.63) is 0 Å². The van der Waals surface area contributed by atoms with Gasteiger partial charge in [-0.1, -0.05) is 78.1 Å². The number of rotatable bonds is 12. The van der Waals surface area contributed by atoms with E-state index in [1.54, 1.807) is 0 Å². The van der Waals surface area contributed by atoms with E-state index in [0.29, 0.717) is 6.61 Å². The van der Waals surface area contributed by atoms with Crippen molar-refractivity contribution in [1.29, 1.82) is 0 Å². The number of hydrogen-bond acceptors (Lipinski definition) is 1. The average Bonchev–Trinajstić information content (AvgIpc) is 2.29. The van der Waals surface area contributed by atoms with E-state index >= 15 is 0 Å². The summed E-state index contributed by atoms with van der Waals surface area (Å²) in [6, 6.07) is 0. The fourth-order valence-corrected chi connectivity index (χ4v) is 2.20. The number of aliphatic hydroxyl groups is 1. The molecule has 0 fully saturated rings. The van der Waals surface area contributed by atoms with Crippen LogP contribution in [0.1, 0.15) is 84.5 Å². The summed E-state index contributed by atoms with van der Waals surface area (Å²) in [5.74, 6) is 0.893. The lowest BCUT2D eigenvalue weighted by atomic mass is 9.96. The summed E-state index contributed by atoms with van der Waals surface area (Å²) < 4.78 is 0. The Kier molecular flexibility index (Phi) is 13.0. The minimum Gasteiger partial charge on any atom is -0.396 e. The molecule has 0 saturated carbocycles. The maximum absolute atomic E-state index is 8.68. The lowest BCUT2D eigenvalue weighted by molar-refractivity contribution is 0.280. The van der Waals surface area contributed by atoms with Crippen LogP contribution in [-0.2, 0) is 0 Å². The second-order valence-corrected chi connectivity index (χ2v) is 5.23. The first-order valence-electron chi connectivity index (χ1n) is 7.42. The molecule has 0 radical (unpaired) electrons. The maximum Gasteiger partial charge on any atom is 0.0431 e. The van der Waals surface area contributed by atoms with Gasteiger partial charge >= 0.3 is 0 Å². The van der Waals surface area contributed by atoms with E-state index in [2.05, 4.69) is 13.8 Å². The van der Waals surface area contributed by atoms with Gasteiger partial charge in [-0.25, -0.2) is 0 Å². The minimum absolute atomic E-state index is 0.367. The van der Waals surface area contributed by atoms with Crippen molar-refractivity contribution in [2.45, 2.75) is 84.5 Å². The molecule has 1 atom stereocenters. The van der Waals surface area contributed by atoms with Crippen molar-refractivity contribution in [1.82, 2.24) is 0 Å². The Morgan fingerprint density at radius 1 is 0.750 bits per heavy atom. The Labute approximate surface area is 103 Å². The zero-order valence-corrected chi connectivity index (χ0v) is 11.5. The molecule has 16 heavy (non-hydrogen) atoms. The Balaban J connectivity index is 3.08. The minimum atomic E-state index is 0.367. The van der Waals surface area contributed by atoms with Crippen LogP contribution in [0.5, 0.6) is 0 Å². The van der Waals surface area contributed by atoms with E-state index in [0.717, 1.165) is 12.3 Å². The summed E-state index contributed by atoms with van der Waals surface area (Å²) in [5, 5.41) is 8.68. The highest BCUT2D eigenvalue weighted by Gasteiger charge is 2.01. The second-order valence-electron chi connectivity index (χ2n) is 5.23. The number of unbranched alkanes of at least 4 members (excludes halogenated alkanes) is 7. The zero-order valence-electron chi connectivity index (χ0n) is 11.5. The average molecular weight is 228 g/mol. The first-order chi connectivity index (χ1) is 7.81. The molecule has 0 spiro atoms. The van der Waals surface area contributed by atoms with Crippen molar-refractivity contribution >= 4 is 0 Å². The van der Waals surface area contributed by atoms with Gasteiger partial charge in [0.2, 0.25) is 0 Å². The predicted octanol–water partition coefficient (Wildman–Crippen LogP) is 4.93. The molecule has 0 amide bonds. The smallest absolute Gasteiger partial charge is 0.0431 e. The van der Waals surface area contributed by atoms with Crippen molar-refractivity contribution in [3.63, 3.8) is 0 Å². The largest absolute Gasteiger partial charge is 0.396 e. The van der Waals surface area contributed by atoms with Gasteiger partial charge in [0.15, 0.2) is 0 Å². The number of aliphatic hydroxyl groups excluding tert-OH is 1. The monoisotopic (exact) mass is 228 g/mol. The highest BCUT2D eigenvalue weighted by molar-refractivity contribution is 4.55. The molecule has 0 aromatic rings. The first-order valence-corrected chi connectivity index (χ1v) is 7.42. The van der Waals surface area contributed by atoms with Crippen LogP contribution >= 0.6 is 0 Å². The summed E-state index contributed by atoms with van der Waals surface area (Å²) in [4.78, 5) is 0. The number of hydrogen-bond donors (Lipinski definition) is 1. The van der Waals surface area contributed by atoms with E-state index in [-0.39, 0.29) is 0 Å². The van der Waals surface area contributed by atoms with Gasteiger partial charge in [0, 0.05) is 6.61 Å². The normalized spacial score (nSPS) is 12.9. The molecule has 0 aromatic heterocycles. The third-order valence-electron chi connectivity index (χ3n) is 3.41. The fraction of sp³-hybridized carbons (Fsp3) is 1.00. The third kappa shape index (κ3) is 12.0.